The lowest BCUT2D eigenvalue weighted by atomic mass is 9.95. The fraction of sp³-hybridized carbons (Fsp3) is 0.404. The first-order valence-electron chi connectivity index (χ1n) is 20.9. The van der Waals surface area contributed by atoms with E-state index in [0.717, 1.165) is 94.0 Å². The van der Waals surface area contributed by atoms with Crippen molar-refractivity contribution in [2.24, 2.45) is 0 Å². The molecule has 3 aromatic carbocycles. The summed E-state index contributed by atoms with van der Waals surface area (Å²) in [4.78, 5) is 9.59. The summed E-state index contributed by atoms with van der Waals surface area (Å²) in [6.07, 6.45) is 13.5. The van der Waals surface area contributed by atoms with Crippen LogP contribution in [0.15, 0.2) is 137 Å². The van der Waals surface area contributed by atoms with Gasteiger partial charge in [-0.05, 0) is 117 Å². The van der Waals surface area contributed by atoms with E-state index in [0.29, 0.717) is 9.79 Å². The van der Waals surface area contributed by atoms with Crippen molar-refractivity contribution in [3.05, 3.63) is 156 Å². The van der Waals surface area contributed by atoms with Crippen molar-refractivity contribution >= 4 is 51.9 Å². The van der Waals surface area contributed by atoms with Gasteiger partial charge in [-0.15, -0.1) is 0 Å². The molecule has 2 atom stereocenters. The SMILES string of the molecule is CCCCC(CCCc1ccc(CCCC(CCCC)N(Cc2ccccn2)S(=O)(=O)c2ccccc2)c(C(Br)Br)c1)N(Cc1ccccn1)S(=O)(=O)c1ccccc1. The zero-order valence-electron chi connectivity index (χ0n) is 34.3. The van der Waals surface area contributed by atoms with Gasteiger partial charge >= 0.3 is 0 Å². The molecule has 316 valence electrons. The molecule has 0 saturated heterocycles. The second kappa shape index (κ2) is 23.7. The van der Waals surface area contributed by atoms with Gasteiger partial charge in [0.15, 0.2) is 0 Å². The molecule has 0 amide bonds. The number of rotatable bonds is 25. The van der Waals surface area contributed by atoms with Gasteiger partial charge in [-0.2, -0.15) is 8.61 Å². The number of alkyl halides is 2. The second-order valence-corrected chi connectivity index (χ2v) is 21.9. The maximum absolute atomic E-state index is 14.2. The summed E-state index contributed by atoms with van der Waals surface area (Å²) < 4.78 is 60.1. The smallest absolute Gasteiger partial charge is 0.243 e. The lowest BCUT2D eigenvalue weighted by Crippen LogP contribution is -2.40. The van der Waals surface area contributed by atoms with Crippen molar-refractivity contribution in [1.82, 2.24) is 18.6 Å². The Labute approximate surface area is 370 Å². The van der Waals surface area contributed by atoms with Crippen LogP contribution in [0.3, 0.4) is 0 Å². The third kappa shape index (κ3) is 13.6. The average Bonchev–Trinajstić information content (AvgIpc) is 3.26. The van der Waals surface area contributed by atoms with E-state index in [4.69, 9.17) is 0 Å². The molecule has 0 aliphatic rings. The molecule has 8 nitrogen and oxygen atoms in total. The maximum atomic E-state index is 14.2. The zero-order chi connectivity index (χ0) is 42.1. The summed E-state index contributed by atoms with van der Waals surface area (Å²) >= 11 is 7.58. The Morgan fingerprint density at radius 1 is 0.542 bits per heavy atom. The zero-order valence-corrected chi connectivity index (χ0v) is 39.1. The molecule has 0 spiro atoms. The predicted molar refractivity (Wildman–Crippen MR) is 246 cm³/mol. The minimum atomic E-state index is -3.78. The molecule has 12 heteroatoms. The number of hydrogen-bond acceptors (Lipinski definition) is 6. The minimum Gasteiger partial charge on any atom is -0.260 e. The van der Waals surface area contributed by atoms with E-state index < -0.39 is 20.0 Å². The molecule has 2 unspecified atom stereocenters. The lowest BCUT2D eigenvalue weighted by molar-refractivity contribution is 0.271. The number of pyridine rings is 2. The second-order valence-electron chi connectivity index (χ2n) is 15.1. The third-order valence-corrected chi connectivity index (χ3v) is 15.6. The van der Waals surface area contributed by atoms with E-state index in [1.807, 2.05) is 48.5 Å². The molecule has 0 bridgehead atoms. The highest BCUT2D eigenvalue weighted by atomic mass is 79.9. The maximum Gasteiger partial charge on any atom is 0.243 e. The first-order valence-corrected chi connectivity index (χ1v) is 25.6. The molecule has 2 aromatic heterocycles. The number of unbranched alkanes of at least 4 members (excludes halogenated alkanes) is 2. The van der Waals surface area contributed by atoms with Crippen LogP contribution in [-0.2, 0) is 46.0 Å². The van der Waals surface area contributed by atoms with Crippen LogP contribution in [0.25, 0.3) is 0 Å². The number of hydrogen-bond donors (Lipinski definition) is 0. The molecule has 0 radical (unpaired) electrons. The van der Waals surface area contributed by atoms with Gasteiger partial charge in [-0.25, -0.2) is 16.8 Å². The lowest BCUT2D eigenvalue weighted by Gasteiger charge is -2.31. The number of halogens is 2. The molecule has 0 aliphatic heterocycles. The Morgan fingerprint density at radius 2 is 0.983 bits per heavy atom. The van der Waals surface area contributed by atoms with Crippen molar-refractivity contribution in [2.45, 2.75) is 130 Å². The van der Waals surface area contributed by atoms with Crippen molar-refractivity contribution in [3.8, 4) is 0 Å². The highest BCUT2D eigenvalue weighted by Gasteiger charge is 2.33. The Morgan fingerprint density at radius 3 is 1.41 bits per heavy atom. The van der Waals surface area contributed by atoms with Gasteiger partial charge in [0.25, 0.3) is 0 Å². The fourth-order valence-corrected chi connectivity index (χ4v) is 11.8. The van der Waals surface area contributed by atoms with Crippen LogP contribution >= 0.6 is 31.9 Å². The standard InChI is InChI=1S/C47H58Br2N4O4S2/c1-3-5-23-42(52(36-40-21-13-15-33-50-40)58(54,55)44-27-9-7-10-28-44)25-17-19-38-31-32-39(46(35-38)47(48)49)20-18-26-43(24-6-4-2)53(37-41-22-14-16-34-51-41)59(56,57)45-29-11-8-12-30-45/h7-16,21-22,27-35,42-43,47H,3-6,17-20,23-26,36-37H2,1-2H3. The predicted octanol–water partition coefficient (Wildman–Crippen LogP) is 11.8. The van der Waals surface area contributed by atoms with Gasteiger partial charge in [0, 0.05) is 24.5 Å². The summed E-state index contributed by atoms with van der Waals surface area (Å²) in [5.74, 6) is 0. The topological polar surface area (TPSA) is 101 Å². The van der Waals surface area contributed by atoms with E-state index in [1.165, 1.54) is 11.1 Å². The molecule has 5 aromatic rings. The van der Waals surface area contributed by atoms with Crippen LogP contribution in [0.4, 0.5) is 0 Å². The van der Waals surface area contributed by atoms with Crippen LogP contribution in [0, 0.1) is 0 Å². The van der Waals surface area contributed by atoms with Gasteiger partial charge < -0.3 is 0 Å². The molecule has 0 N–H and O–H groups in total. The van der Waals surface area contributed by atoms with Crippen molar-refractivity contribution in [3.63, 3.8) is 0 Å². The molecule has 0 fully saturated rings. The van der Waals surface area contributed by atoms with Crippen molar-refractivity contribution in [1.29, 1.82) is 0 Å². The van der Waals surface area contributed by atoms with E-state index in [1.54, 1.807) is 69.5 Å². The number of benzene rings is 3. The Kier molecular flexibility index (Phi) is 18.8. The normalized spacial score (nSPS) is 13.3. The average molecular weight is 967 g/mol. The van der Waals surface area contributed by atoms with Gasteiger partial charge in [0.2, 0.25) is 20.0 Å². The molecule has 5 rings (SSSR count). The van der Waals surface area contributed by atoms with Crippen LogP contribution in [0.1, 0.15) is 110 Å². The highest BCUT2D eigenvalue weighted by molar-refractivity contribution is 9.24. The quantitative estimate of drug-likeness (QED) is 0.0540. The van der Waals surface area contributed by atoms with E-state index >= 15 is 0 Å². The van der Waals surface area contributed by atoms with Crippen LogP contribution in [0.5, 0.6) is 0 Å². The first kappa shape index (κ1) is 46.8. The monoisotopic (exact) mass is 964 g/mol. The molecule has 2 heterocycles. The third-order valence-electron chi connectivity index (χ3n) is 10.8. The Hall–Kier alpha value is -3.26. The summed E-state index contributed by atoms with van der Waals surface area (Å²) in [7, 11) is -7.55. The summed E-state index contributed by atoms with van der Waals surface area (Å²) in [6.45, 7) is 4.72. The Bertz CT molecular complexity index is 2200. The van der Waals surface area contributed by atoms with Crippen LogP contribution in [0.2, 0.25) is 0 Å². The van der Waals surface area contributed by atoms with Crippen molar-refractivity contribution in [2.75, 3.05) is 0 Å². The van der Waals surface area contributed by atoms with Crippen LogP contribution < -0.4 is 0 Å². The number of nitrogens with zero attached hydrogens (tertiary/aromatic N) is 4. The molecular formula is C47H58Br2N4O4S2. The van der Waals surface area contributed by atoms with Crippen molar-refractivity contribution < 1.29 is 16.8 Å². The summed E-state index contributed by atoms with van der Waals surface area (Å²) in [5, 5.41) is 0. The number of sulfonamides is 2. The van der Waals surface area contributed by atoms with Gasteiger partial charge in [0.1, 0.15) is 0 Å². The molecular weight excluding hydrogens is 908 g/mol. The fourth-order valence-electron chi connectivity index (χ4n) is 7.62. The van der Waals surface area contributed by atoms with E-state index in [-0.39, 0.29) is 28.9 Å². The minimum absolute atomic E-state index is 0.0536. The molecule has 59 heavy (non-hydrogen) atoms. The summed E-state index contributed by atoms with van der Waals surface area (Å²) in [5.41, 5.74) is 5.01. The Balaban J connectivity index is 1.31. The number of aromatic nitrogens is 2. The highest BCUT2D eigenvalue weighted by Crippen LogP contribution is 2.35. The number of aryl methyl sites for hydroxylation is 2. The molecule has 0 saturated carbocycles. The molecule has 0 aliphatic carbocycles. The van der Waals surface area contributed by atoms with Gasteiger partial charge in [-0.3, -0.25) is 9.97 Å². The van der Waals surface area contributed by atoms with Gasteiger partial charge in [0.05, 0.1) is 38.0 Å². The first-order chi connectivity index (χ1) is 28.5. The largest absolute Gasteiger partial charge is 0.260 e. The van der Waals surface area contributed by atoms with Crippen LogP contribution in [-0.4, -0.2) is 47.5 Å². The van der Waals surface area contributed by atoms with E-state index in [9.17, 15) is 16.8 Å². The van der Waals surface area contributed by atoms with Gasteiger partial charge in [-0.1, -0.05) is 138 Å². The summed E-state index contributed by atoms with van der Waals surface area (Å²) in [6, 6.07) is 35.0. The van der Waals surface area contributed by atoms with E-state index in [2.05, 4.69) is 73.9 Å².